The van der Waals surface area contributed by atoms with Crippen LogP contribution in [0.1, 0.15) is 5.56 Å². The zero-order valence-corrected chi connectivity index (χ0v) is 19.2. The minimum absolute atomic E-state index is 0. The predicted molar refractivity (Wildman–Crippen MR) is 97.0 cm³/mol. The summed E-state index contributed by atoms with van der Waals surface area (Å²) in [5.74, 6) is -2.01. The molecule has 2 N–H and O–H groups in total. The topological polar surface area (TPSA) is 117 Å². The van der Waals surface area contributed by atoms with Gasteiger partial charge in [-0.3, -0.25) is 0 Å². The van der Waals surface area contributed by atoms with Gasteiger partial charge < -0.3 is 29.7 Å². The molecule has 0 fully saturated rings. The Morgan fingerprint density at radius 2 is 2.03 bits per heavy atom. The number of carbonyl (C=O) groups is 2. The first kappa shape index (κ1) is 23.5. The molecule has 146 valence electrons. The summed E-state index contributed by atoms with van der Waals surface area (Å²) in [6.45, 7) is 1.64. The summed E-state index contributed by atoms with van der Waals surface area (Å²) in [5, 5.41) is 15.3. The Bertz CT molecular complexity index is 1040. The molecule has 0 spiro atoms. The number of carboxylic acids is 1. The van der Waals surface area contributed by atoms with Crippen LogP contribution in [-0.4, -0.2) is 36.7 Å². The molecule has 1 aromatic heterocycles. The molecule has 3 aromatic rings. The second-order valence-corrected chi connectivity index (χ2v) is 6.11. The fourth-order valence-electron chi connectivity index (χ4n) is 2.56. The van der Waals surface area contributed by atoms with Crippen molar-refractivity contribution in [2.24, 2.45) is 0 Å². The molecule has 0 saturated carbocycles. The number of benzene rings is 2. The predicted octanol–water partition coefficient (Wildman–Crippen LogP) is -1.17. The van der Waals surface area contributed by atoms with Gasteiger partial charge >= 0.3 is 57.4 Å². The van der Waals surface area contributed by atoms with Gasteiger partial charge in [-0.2, -0.15) is 0 Å². The summed E-state index contributed by atoms with van der Waals surface area (Å²) in [6, 6.07) is 7.27. The van der Waals surface area contributed by atoms with Crippen LogP contribution in [0.25, 0.3) is 22.6 Å². The quantitative estimate of drug-likeness (QED) is 0.481. The number of fused-ring (bicyclic) bond motifs is 1. The zero-order valence-electron chi connectivity index (χ0n) is 16.1. The average Bonchev–Trinajstić information content (AvgIpc) is 3.06. The first-order valence-electron chi connectivity index (χ1n) is 8.32. The van der Waals surface area contributed by atoms with E-state index < -0.39 is 23.9 Å². The molecule has 0 radical (unpaired) electrons. The Hall–Kier alpha value is -1.82. The Labute approximate surface area is 208 Å². The molecule has 29 heavy (non-hydrogen) atoms. The van der Waals surface area contributed by atoms with Crippen LogP contribution in [0.3, 0.4) is 0 Å². The molecule has 0 aliphatic rings. The van der Waals surface area contributed by atoms with Gasteiger partial charge in [-0.15, -0.1) is 0 Å². The molecule has 0 aliphatic carbocycles. The van der Waals surface area contributed by atoms with Crippen molar-refractivity contribution in [3.8, 4) is 11.5 Å². The van der Waals surface area contributed by atoms with Gasteiger partial charge in [0.05, 0.1) is 24.3 Å². The molecule has 0 bridgehead atoms. The van der Waals surface area contributed by atoms with Gasteiger partial charge in [0.15, 0.2) is 5.58 Å². The molecule has 2 aromatic carbocycles. The van der Waals surface area contributed by atoms with E-state index in [-0.39, 0.29) is 69.6 Å². The van der Waals surface area contributed by atoms with Crippen molar-refractivity contribution < 1.29 is 79.6 Å². The zero-order chi connectivity index (χ0) is 20.3. The molecule has 1 heterocycles. The molecular formula is C19H17FKN3O5. The fraction of sp³-hybridized carbons (Fsp3) is 0.211. The number of urea groups is 1. The first-order valence-corrected chi connectivity index (χ1v) is 8.32. The molecule has 2 amide bonds. The fourth-order valence-corrected chi connectivity index (χ4v) is 2.56. The van der Waals surface area contributed by atoms with E-state index in [0.29, 0.717) is 16.7 Å². The maximum Gasteiger partial charge on any atom is 1.00 e. The van der Waals surface area contributed by atoms with Crippen LogP contribution in [0.4, 0.5) is 14.9 Å². The number of amides is 2. The van der Waals surface area contributed by atoms with Crippen LogP contribution in [0.2, 0.25) is 0 Å². The number of aromatic nitrogens is 1. The van der Waals surface area contributed by atoms with Crippen LogP contribution in [0.5, 0.6) is 0 Å². The Kier molecular flexibility index (Phi) is 8.31. The summed E-state index contributed by atoms with van der Waals surface area (Å²) in [4.78, 5) is 27.1. The number of nitrogens with zero attached hydrogens (tertiary/aromatic N) is 1. The number of carboxylic acid groups (broad SMARTS) is 1. The van der Waals surface area contributed by atoms with Crippen molar-refractivity contribution in [2.45, 2.75) is 13.0 Å². The number of carbonyl (C=O) groups excluding carboxylic acids is 2. The van der Waals surface area contributed by atoms with Crippen LogP contribution in [-0.2, 0) is 9.53 Å². The van der Waals surface area contributed by atoms with E-state index in [4.69, 9.17) is 4.42 Å². The van der Waals surface area contributed by atoms with Crippen molar-refractivity contribution >= 4 is 28.8 Å². The number of anilines is 1. The van der Waals surface area contributed by atoms with Gasteiger partial charge in [0.2, 0.25) is 5.89 Å². The number of nitrogens with one attached hydrogen (secondary N) is 2. The number of hydrogen-bond donors (Lipinski definition) is 2. The molecule has 0 saturated heterocycles. The van der Waals surface area contributed by atoms with Crippen molar-refractivity contribution in [1.82, 2.24) is 10.3 Å². The normalized spacial score (nSPS) is 11.6. The number of ether oxygens (including phenoxy) is 1. The van der Waals surface area contributed by atoms with Gasteiger partial charge in [0, 0.05) is 12.7 Å². The van der Waals surface area contributed by atoms with Gasteiger partial charge in [-0.1, -0.05) is 6.07 Å². The third-order valence-electron chi connectivity index (χ3n) is 3.93. The number of hydrogen-bond acceptors (Lipinski definition) is 6. The average molecular weight is 425 g/mol. The van der Waals surface area contributed by atoms with E-state index in [1.165, 1.54) is 25.3 Å². The van der Waals surface area contributed by atoms with E-state index in [1.54, 1.807) is 6.07 Å². The van der Waals surface area contributed by atoms with E-state index in [1.807, 2.05) is 19.1 Å². The van der Waals surface area contributed by atoms with Crippen molar-refractivity contribution in [3.05, 3.63) is 47.8 Å². The number of halogens is 1. The summed E-state index contributed by atoms with van der Waals surface area (Å²) in [7, 11) is 1.28. The Morgan fingerprint density at radius 1 is 1.28 bits per heavy atom. The van der Waals surface area contributed by atoms with Gasteiger partial charge in [-0.05, 0) is 42.8 Å². The van der Waals surface area contributed by atoms with Crippen LogP contribution < -0.4 is 67.1 Å². The molecule has 0 unspecified atom stereocenters. The molecule has 1 atom stereocenters. The monoisotopic (exact) mass is 425 g/mol. The molecule has 3 rings (SSSR count). The smallest absolute Gasteiger partial charge is 0.548 e. The number of methoxy groups -OCH3 is 1. The van der Waals surface area contributed by atoms with Crippen molar-refractivity contribution in [2.75, 3.05) is 19.0 Å². The minimum atomic E-state index is -1.51. The van der Waals surface area contributed by atoms with Crippen molar-refractivity contribution in [3.63, 3.8) is 0 Å². The second-order valence-electron chi connectivity index (χ2n) is 6.11. The standard InChI is InChI=1S/C19H18FN3O5.K/c1-10-3-6-16-14(7-10)21-17(28-16)11-4-5-13(12(20)8-11)22-19(26)23-15(9-27-2)18(24)25;/h3-8,15H,9H2,1-2H3,(H,24,25)(H2,22,23,26);/q;+1/p-1/t15-;/m0./s1. The first-order chi connectivity index (χ1) is 13.4. The SMILES string of the molecule is COC[C@H](NC(=O)Nc1ccc(-c2nc3cc(C)ccc3o2)cc1F)C(=O)[O-].[K+]. The van der Waals surface area contributed by atoms with Gasteiger partial charge in [0.25, 0.3) is 0 Å². The van der Waals surface area contributed by atoms with Gasteiger partial charge in [0.1, 0.15) is 11.3 Å². The summed E-state index contributed by atoms with van der Waals surface area (Å²) in [5.41, 5.74) is 2.51. The summed E-state index contributed by atoms with van der Waals surface area (Å²) < 4.78 is 24.7. The van der Waals surface area contributed by atoms with E-state index in [9.17, 15) is 19.1 Å². The molecule has 8 nitrogen and oxygen atoms in total. The minimum Gasteiger partial charge on any atom is -0.548 e. The second kappa shape index (κ2) is 10.3. The number of aliphatic carboxylic acids is 1. The maximum atomic E-state index is 14.4. The Balaban J connectivity index is 0.00000300. The third-order valence-corrected chi connectivity index (χ3v) is 3.93. The van der Waals surface area contributed by atoms with E-state index >= 15 is 0 Å². The number of aryl methyl sites for hydroxylation is 1. The van der Waals surface area contributed by atoms with E-state index in [2.05, 4.69) is 20.4 Å². The van der Waals surface area contributed by atoms with Crippen LogP contribution in [0.15, 0.2) is 40.8 Å². The summed E-state index contributed by atoms with van der Waals surface area (Å²) in [6.07, 6.45) is 0. The van der Waals surface area contributed by atoms with Crippen LogP contribution in [0, 0.1) is 12.7 Å². The third kappa shape index (κ3) is 5.84. The summed E-state index contributed by atoms with van der Waals surface area (Å²) >= 11 is 0. The van der Waals surface area contributed by atoms with Crippen LogP contribution >= 0.6 is 0 Å². The molecule has 0 aliphatic heterocycles. The molecule has 10 heteroatoms. The van der Waals surface area contributed by atoms with Crippen molar-refractivity contribution in [1.29, 1.82) is 0 Å². The largest absolute Gasteiger partial charge is 1.00 e. The Morgan fingerprint density at radius 3 is 2.69 bits per heavy atom. The van der Waals surface area contributed by atoms with E-state index in [0.717, 1.165) is 5.56 Å². The maximum absolute atomic E-state index is 14.4. The number of rotatable bonds is 6. The number of oxazole rings is 1. The van der Waals surface area contributed by atoms with Gasteiger partial charge in [-0.25, -0.2) is 14.2 Å². The molecular weight excluding hydrogens is 408 g/mol.